The second kappa shape index (κ2) is 6.53. The largest absolute Gasteiger partial charge is 0.300 e. The Morgan fingerprint density at radius 1 is 1.32 bits per heavy atom. The molecule has 1 saturated heterocycles. The summed E-state index contributed by atoms with van der Waals surface area (Å²) in [5.74, 6) is 1.32. The molecule has 0 amide bonds. The average Bonchev–Trinajstić information content (AvgIpc) is 2.95. The Bertz CT molecular complexity index is 510. The van der Waals surface area contributed by atoms with Crippen molar-refractivity contribution in [1.82, 2.24) is 14.7 Å². The van der Waals surface area contributed by atoms with Crippen molar-refractivity contribution in [3.63, 3.8) is 0 Å². The van der Waals surface area contributed by atoms with E-state index >= 15 is 0 Å². The van der Waals surface area contributed by atoms with Crippen LogP contribution in [0.5, 0.6) is 0 Å². The van der Waals surface area contributed by atoms with Crippen molar-refractivity contribution in [3.05, 3.63) is 18.0 Å². The third-order valence-electron chi connectivity index (χ3n) is 5.88. The van der Waals surface area contributed by atoms with E-state index in [0.29, 0.717) is 29.7 Å². The Balaban J connectivity index is 1.50. The quantitative estimate of drug-likeness (QED) is 0.836. The summed E-state index contributed by atoms with van der Waals surface area (Å²) < 4.78 is 2.19. The van der Waals surface area contributed by atoms with Gasteiger partial charge in [0.05, 0.1) is 12.2 Å². The molecule has 0 N–H and O–H groups in total. The zero-order valence-corrected chi connectivity index (χ0v) is 14.2. The van der Waals surface area contributed by atoms with Crippen molar-refractivity contribution in [2.75, 3.05) is 13.1 Å². The molecule has 2 aliphatic rings. The van der Waals surface area contributed by atoms with Gasteiger partial charge in [0, 0.05) is 31.2 Å². The first-order valence-electron chi connectivity index (χ1n) is 8.87. The van der Waals surface area contributed by atoms with Crippen LogP contribution >= 0.6 is 0 Å². The number of Topliss-reactive ketones (excluding diaryl/α,β-unsaturated/α-hetero) is 1. The molecule has 0 spiro atoms. The topological polar surface area (TPSA) is 38.1 Å². The first kappa shape index (κ1) is 15.7. The molecular weight excluding hydrogens is 274 g/mol. The van der Waals surface area contributed by atoms with Crippen molar-refractivity contribution in [2.45, 2.75) is 70.9 Å². The summed E-state index contributed by atoms with van der Waals surface area (Å²) >= 11 is 0. The minimum absolute atomic E-state index is 0.340. The van der Waals surface area contributed by atoms with Crippen LogP contribution in [0.3, 0.4) is 0 Å². The predicted octanol–water partition coefficient (Wildman–Crippen LogP) is 3.40. The van der Waals surface area contributed by atoms with Gasteiger partial charge in [-0.1, -0.05) is 13.8 Å². The van der Waals surface area contributed by atoms with Crippen molar-refractivity contribution in [3.8, 4) is 0 Å². The summed E-state index contributed by atoms with van der Waals surface area (Å²) in [4.78, 5) is 13.9. The molecule has 3 rings (SSSR count). The van der Waals surface area contributed by atoms with E-state index in [4.69, 9.17) is 0 Å². The van der Waals surface area contributed by atoms with Crippen LogP contribution in [-0.4, -0.2) is 39.6 Å². The molecular formula is C18H29N3O. The smallest absolute Gasteiger partial charge is 0.133 e. The average molecular weight is 303 g/mol. The third-order valence-corrected chi connectivity index (χ3v) is 5.88. The van der Waals surface area contributed by atoms with Gasteiger partial charge < -0.3 is 4.90 Å². The molecule has 2 heterocycles. The maximum absolute atomic E-state index is 11.3. The second-order valence-electron chi connectivity index (χ2n) is 7.26. The van der Waals surface area contributed by atoms with Crippen molar-refractivity contribution < 1.29 is 4.79 Å². The van der Waals surface area contributed by atoms with Gasteiger partial charge in [0.15, 0.2) is 0 Å². The molecule has 0 aromatic carbocycles. The molecule has 1 aromatic heterocycles. The normalized spacial score (nSPS) is 28.3. The fourth-order valence-corrected chi connectivity index (χ4v) is 3.78. The highest BCUT2D eigenvalue weighted by atomic mass is 16.1. The Morgan fingerprint density at radius 3 is 2.59 bits per heavy atom. The van der Waals surface area contributed by atoms with Crippen LogP contribution in [0, 0.1) is 5.92 Å². The van der Waals surface area contributed by atoms with E-state index in [0.717, 1.165) is 25.9 Å². The number of carbonyl (C=O) groups is 1. The summed E-state index contributed by atoms with van der Waals surface area (Å²) in [5, 5.41) is 4.60. The molecule has 1 unspecified atom stereocenters. The zero-order valence-electron chi connectivity index (χ0n) is 14.2. The lowest BCUT2D eigenvalue weighted by Crippen LogP contribution is -2.49. The summed E-state index contributed by atoms with van der Waals surface area (Å²) in [6.07, 6.45) is 10.0. The molecule has 2 fully saturated rings. The molecule has 1 atom stereocenters. The molecule has 1 aliphatic heterocycles. The van der Waals surface area contributed by atoms with Crippen LogP contribution in [0.25, 0.3) is 0 Å². The number of likely N-dealkylation sites (tertiary alicyclic amines) is 1. The van der Waals surface area contributed by atoms with Gasteiger partial charge >= 0.3 is 0 Å². The van der Waals surface area contributed by atoms with E-state index < -0.39 is 0 Å². The van der Waals surface area contributed by atoms with Gasteiger partial charge in [-0.25, -0.2) is 0 Å². The fraction of sp³-hybridized carbons (Fsp3) is 0.778. The number of aromatic nitrogens is 2. The number of nitrogens with zero attached hydrogens (tertiary/aromatic N) is 3. The highest BCUT2D eigenvalue weighted by molar-refractivity contribution is 5.79. The van der Waals surface area contributed by atoms with Crippen LogP contribution in [-0.2, 0) is 4.79 Å². The van der Waals surface area contributed by atoms with Crippen LogP contribution in [0.1, 0.15) is 70.4 Å². The minimum atomic E-state index is 0.340. The van der Waals surface area contributed by atoms with Crippen LogP contribution < -0.4 is 0 Å². The summed E-state index contributed by atoms with van der Waals surface area (Å²) in [6, 6.07) is 1.21. The predicted molar refractivity (Wildman–Crippen MR) is 88.0 cm³/mol. The third kappa shape index (κ3) is 3.12. The number of ketones is 1. The zero-order chi connectivity index (χ0) is 15.7. The maximum atomic E-state index is 11.3. The second-order valence-corrected chi connectivity index (χ2v) is 7.26. The van der Waals surface area contributed by atoms with Gasteiger partial charge in [-0.2, -0.15) is 5.10 Å². The Morgan fingerprint density at radius 2 is 2.00 bits per heavy atom. The molecule has 122 valence electrons. The Kier molecular flexibility index (Phi) is 4.67. The SMILES string of the molecule is CCC(C)c1cnn(C2CCN(C3CC(C(C)=O)C3)CC2)c1. The first-order valence-corrected chi connectivity index (χ1v) is 8.87. The molecule has 0 radical (unpaired) electrons. The number of piperidine rings is 1. The van der Waals surface area contributed by atoms with Gasteiger partial charge in [-0.15, -0.1) is 0 Å². The summed E-state index contributed by atoms with van der Waals surface area (Å²) in [7, 11) is 0. The highest BCUT2D eigenvalue weighted by Gasteiger charge is 2.37. The van der Waals surface area contributed by atoms with Gasteiger partial charge in [-0.05, 0) is 50.5 Å². The van der Waals surface area contributed by atoms with Crippen molar-refractivity contribution in [1.29, 1.82) is 0 Å². The van der Waals surface area contributed by atoms with E-state index in [9.17, 15) is 4.79 Å². The van der Waals surface area contributed by atoms with Gasteiger partial charge in [0.2, 0.25) is 0 Å². The molecule has 1 aliphatic carbocycles. The van der Waals surface area contributed by atoms with Crippen molar-refractivity contribution >= 4 is 5.78 Å². The monoisotopic (exact) mass is 303 g/mol. The fourth-order valence-electron chi connectivity index (χ4n) is 3.78. The lowest BCUT2D eigenvalue weighted by molar-refractivity contribution is -0.125. The number of rotatable bonds is 5. The lowest BCUT2D eigenvalue weighted by Gasteiger charge is -2.45. The highest BCUT2D eigenvalue weighted by Crippen LogP contribution is 2.35. The number of carbonyl (C=O) groups excluding carboxylic acids is 1. The van der Waals surface area contributed by atoms with Gasteiger partial charge in [0.1, 0.15) is 5.78 Å². The summed E-state index contributed by atoms with van der Waals surface area (Å²) in [6.45, 7) is 8.54. The first-order chi connectivity index (χ1) is 10.6. The van der Waals surface area contributed by atoms with Crippen molar-refractivity contribution in [2.24, 2.45) is 5.92 Å². The standard InChI is InChI=1S/C18H29N3O/c1-4-13(2)16-11-19-21(12-16)17-5-7-20(8-6-17)18-9-15(10-18)14(3)22/h11-13,15,17-18H,4-10H2,1-3H3. The molecule has 1 aromatic rings. The van der Waals surface area contributed by atoms with Crippen LogP contribution in [0.2, 0.25) is 0 Å². The molecule has 0 bridgehead atoms. The van der Waals surface area contributed by atoms with Gasteiger partial charge in [0.25, 0.3) is 0 Å². The van der Waals surface area contributed by atoms with E-state index in [1.54, 1.807) is 6.92 Å². The molecule has 1 saturated carbocycles. The Labute approximate surface area is 133 Å². The van der Waals surface area contributed by atoms with E-state index in [1.807, 2.05) is 6.20 Å². The molecule has 4 nitrogen and oxygen atoms in total. The number of hydrogen-bond donors (Lipinski definition) is 0. The summed E-state index contributed by atoms with van der Waals surface area (Å²) in [5.41, 5.74) is 1.37. The van der Waals surface area contributed by atoms with E-state index in [1.165, 1.54) is 24.8 Å². The van der Waals surface area contributed by atoms with E-state index in [-0.39, 0.29) is 0 Å². The van der Waals surface area contributed by atoms with E-state index in [2.05, 4.69) is 34.7 Å². The lowest BCUT2D eigenvalue weighted by atomic mass is 9.76. The molecule has 4 heteroatoms. The Hall–Kier alpha value is -1.16. The van der Waals surface area contributed by atoms with Gasteiger partial charge in [-0.3, -0.25) is 9.48 Å². The van der Waals surface area contributed by atoms with Crippen LogP contribution in [0.4, 0.5) is 0 Å². The van der Waals surface area contributed by atoms with Crippen LogP contribution in [0.15, 0.2) is 12.4 Å². The number of hydrogen-bond acceptors (Lipinski definition) is 3. The maximum Gasteiger partial charge on any atom is 0.133 e. The molecule has 22 heavy (non-hydrogen) atoms. The minimum Gasteiger partial charge on any atom is -0.300 e.